The van der Waals surface area contributed by atoms with E-state index in [9.17, 15) is 4.79 Å². The molecule has 0 spiro atoms. The molecule has 2 aliphatic rings. The number of hydrogen-bond acceptors (Lipinski definition) is 3. The molecule has 4 nitrogen and oxygen atoms in total. The van der Waals surface area contributed by atoms with Crippen LogP contribution in [0.2, 0.25) is 0 Å². The Morgan fingerprint density at radius 2 is 1.94 bits per heavy atom. The first kappa shape index (κ1) is 11.9. The fraction of sp³-hybridized carbons (Fsp3) is 0.917. The highest BCUT2D eigenvalue weighted by Gasteiger charge is 2.37. The molecule has 0 aromatic heterocycles. The van der Waals surface area contributed by atoms with Crippen LogP contribution < -0.4 is 0 Å². The van der Waals surface area contributed by atoms with Crippen LogP contribution in [0.1, 0.15) is 26.2 Å². The fourth-order valence-electron chi connectivity index (χ4n) is 2.79. The minimum Gasteiger partial charge on any atom is -0.481 e. The van der Waals surface area contributed by atoms with Gasteiger partial charge in [-0.05, 0) is 38.9 Å². The molecule has 0 aromatic carbocycles. The van der Waals surface area contributed by atoms with Crippen LogP contribution in [0.3, 0.4) is 0 Å². The average molecular weight is 226 g/mol. The summed E-state index contributed by atoms with van der Waals surface area (Å²) in [5.41, 5.74) is 0. The van der Waals surface area contributed by atoms with Crippen molar-refractivity contribution in [2.75, 3.05) is 32.7 Å². The summed E-state index contributed by atoms with van der Waals surface area (Å²) < 4.78 is 0. The Morgan fingerprint density at radius 1 is 1.31 bits per heavy atom. The maximum absolute atomic E-state index is 10.7. The Labute approximate surface area is 97.2 Å². The van der Waals surface area contributed by atoms with Crippen molar-refractivity contribution in [1.82, 2.24) is 9.80 Å². The van der Waals surface area contributed by atoms with Gasteiger partial charge in [0.05, 0.1) is 5.92 Å². The van der Waals surface area contributed by atoms with Gasteiger partial charge in [0.15, 0.2) is 0 Å². The summed E-state index contributed by atoms with van der Waals surface area (Å²) in [5, 5.41) is 8.83. The summed E-state index contributed by atoms with van der Waals surface area (Å²) in [6, 6.07) is 0.642. The number of carbonyl (C=O) groups is 1. The second-order valence-corrected chi connectivity index (χ2v) is 5.06. The third-order valence-corrected chi connectivity index (χ3v) is 3.87. The van der Waals surface area contributed by atoms with Gasteiger partial charge in [-0.2, -0.15) is 0 Å². The predicted molar refractivity (Wildman–Crippen MR) is 62.5 cm³/mol. The number of rotatable bonds is 4. The molecular formula is C12H22N2O2. The zero-order chi connectivity index (χ0) is 11.5. The van der Waals surface area contributed by atoms with E-state index >= 15 is 0 Å². The van der Waals surface area contributed by atoms with Gasteiger partial charge in [0.1, 0.15) is 0 Å². The number of likely N-dealkylation sites (tertiary alicyclic amines) is 2. The van der Waals surface area contributed by atoms with Gasteiger partial charge in [-0.3, -0.25) is 9.69 Å². The molecule has 0 unspecified atom stereocenters. The molecule has 0 aromatic rings. The lowest BCUT2D eigenvalue weighted by molar-refractivity contribution is -0.149. The Kier molecular flexibility index (Phi) is 3.82. The van der Waals surface area contributed by atoms with Gasteiger partial charge in [0.25, 0.3) is 0 Å². The molecular weight excluding hydrogens is 204 g/mol. The van der Waals surface area contributed by atoms with Gasteiger partial charge in [-0.15, -0.1) is 0 Å². The van der Waals surface area contributed by atoms with Crippen molar-refractivity contribution in [2.45, 2.75) is 32.2 Å². The molecule has 2 fully saturated rings. The summed E-state index contributed by atoms with van der Waals surface area (Å²) in [5.74, 6) is -0.728. The second-order valence-electron chi connectivity index (χ2n) is 5.06. The molecule has 4 heteroatoms. The molecule has 2 rings (SSSR count). The number of carboxylic acid groups (broad SMARTS) is 1. The Bertz CT molecular complexity index is 243. The number of nitrogens with zero attached hydrogens (tertiary/aromatic N) is 2. The molecule has 0 aliphatic carbocycles. The maximum Gasteiger partial charge on any atom is 0.309 e. The van der Waals surface area contributed by atoms with E-state index < -0.39 is 5.97 Å². The molecule has 16 heavy (non-hydrogen) atoms. The fourth-order valence-corrected chi connectivity index (χ4v) is 2.79. The number of carboxylic acids is 1. The van der Waals surface area contributed by atoms with Crippen molar-refractivity contribution in [1.29, 1.82) is 0 Å². The topological polar surface area (TPSA) is 43.8 Å². The van der Waals surface area contributed by atoms with Crippen LogP contribution in [0.4, 0.5) is 0 Å². The van der Waals surface area contributed by atoms with Crippen molar-refractivity contribution in [2.24, 2.45) is 5.92 Å². The van der Waals surface area contributed by atoms with Crippen LogP contribution >= 0.6 is 0 Å². The largest absolute Gasteiger partial charge is 0.481 e. The summed E-state index contributed by atoms with van der Waals surface area (Å²) in [7, 11) is 0. The summed E-state index contributed by atoms with van der Waals surface area (Å²) in [6.07, 6.45) is 3.66. The molecule has 0 atom stereocenters. The third-order valence-electron chi connectivity index (χ3n) is 3.87. The molecule has 2 heterocycles. The van der Waals surface area contributed by atoms with Crippen molar-refractivity contribution in [3.63, 3.8) is 0 Å². The van der Waals surface area contributed by atoms with Crippen molar-refractivity contribution in [3.05, 3.63) is 0 Å². The van der Waals surface area contributed by atoms with E-state index in [4.69, 9.17) is 5.11 Å². The van der Waals surface area contributed by atoms with Gasteiger partial charge in [-0.25, -0.2) is 0 Å². The van der Waals surface area contributed by atoms with E-state index in [1.807, 2.05) is 0 Å². The van der Waals surface area contributed by atoms with Crippen LogP contribution in [0.25, 0.3) is 0 Å². The van der Waals surface area contributed by atoms with Crippen LogP contribution in [-0.4, -0.2) is 59.6 Å². The summed E-state index contributed by atoms with van der Waals surface area (Å²) in [4.78, 5) is 15.6. The quantitative estimate of drug-likeness (QED) is 0.773. The lowest BCUT2D eigenvalue weighted by Crippen LogP contribution is -2.57. The van der Waals surface area contributed by atoms with Crippen LogP contribution in [0.15, 0.2) is 0 Å². The van der Waals surface area contributed by atoms with Crippen molar-refractivity contribution in [3.8, 4) is 0 Å². The van der Waals surface area contributed by atoms with E-state index in [0.717, 1.165) is 13.1 Å². The minimum atomic E-state index is -0.625. The van der Waals surface area contributed by atoms with E-state index in [-0.39, 0.29) is 5.92 Å². The molecule has 0 radical (unpaired) electrons. The van der Waals surface area contributed by atoms with E-state index in [1.165, 1.54) is 38.9 Å². The van der Waals surface area contributed by atoms with Crippen molar-refractivity contribution >= 4 is 5.97 Å². The summed E-state index contributed by atoms with van der Waals surface area (Å²) >= 11 is 0. The normalized spacial score (nSPS) is 25.6. The first-order valence-corrected chi connectivity index (χ1v) is 6.40. The van der Waals surface area contributed by atoms with Crippen LogP contribution in [-0.2, 0) is 4.79 Å². The zero-order valence-electron chi connectivity index (χ0n) is 10.1. The van der Waals surface area contributed by atoms with Gasteiger partial charge >= 0.3 is 5.97 Å². The Morgan fingerprint density at radius 3 is 2.44 bits per heavy atom. The first-order chi connectivity index (χ1) is 7.70. The Hall–Kier alpha value is -0.610. The highest BCUT2D eigenvalue weighted by molar-refractivity contribution is 5.71. The number of piperidine rings is 1. The zero-order valence-corrected chi connectivity index (χ0v) is 10.1. The lowest BCUT2D eigenvalue weighted by Gasteiger charge is -2.45. The average Bonchev–Trinajstić information content (AvgIpc) is 2.18. The van der Waals surface area contributed by atoms with E-state index in [0.29, 0.717) is 6.04 Å². The second kappa shape index (κ2) is 5.15. The van der Waals surface area contributed by atoms with Gasteiger partial charge in [0.2, 0.25) is 0 Å². The molecule has 92 valence electrons. The van der Waals surface area contributed by atoms with Gasteiger partial charge in [-0.1, -0.05) is 6.92 Å². The molecule has 1 N–H and O–H groups in total. The predicted octanol–water partition coefficient (Wildman–Crippen LogP) is 0.877. The molecule has 0 amide bonds. The van der Waals surface area contributed by atoms with E-state index in [2.05, 4.69) is 16.7 Å². The molecule has 0 bridgehead atoms. The lowest BCUT2D eigenvalue weighted by atomic mass is 9.93. The third kappa shape index (κ3) is 2.55. The smallest absolute Gasteiger partial charge is 0.309 e. The molecule has 0 saturated carbocycles. The highest BCUT2D eigenvalue weighted by atomic mass is 16.4. The SMILES string of the molecule is CCCN1CCC(N2CC(C(=O)O)C2)CC1. The number of aliphatic carboxylic acids is 1. The maximum atomic E-state index is 10.7. The standard InChI is InChI=1S/C12H22N2O2/c1-2-5-13-6-3-11(4-7-13)14-8-10(9-14)12(15)16/h10-11H,2-9H2,1H3,(H,15,16). The van der Waals surface area contributed by atoms with Crippen molar-refractivity contribution < 1.29 is 9.90 Å². The first-order valence-electron chi connectivity index (χ1n) is 6.40. The number of hydrogen-bond donors (Lipinski definition) is 1. The van der Waals surface area contributed by atoms with Gasteiger partial charge < -0.3 is 10.0 Å². The van der Waals surface area contributed by atoms with Crippen LogP contribution in [0, 0.1) is 5.92 Å². The van der Waals surface area contributed by atoms with E-state index in [1.54, 1.807) is 0 Å². The molecule has 2 saturated heterocycles. The van der Waals surface area contributed by atoms with Crippen LogP contribution in [0.5, 0.6) is 0 Å². The molecule has 2 aliphatic heterocycles. The minimum absolute atomic E-state index is 0.103. The summed E-state index contributed by atoms with van der Waals surface area (Å²) in [6.45, 7) is 7.35. The Balaban J connectivity index is 1.69. The monoisotopic (exact) mass is 226 g/mol. The highest BCUT2D eigenvalue weighted by Crippen LogP contribution is 2.25. The van der Waals surface area contributed by atoms with Gasteiger partial charge in [0, 0.05) is 19.1 Å².